The summed E-state index contributed by atoms with van der Waals surface area (Å²) >= 11 is 3.13. The van der Waals surface area contributed by atoms with Crippen molar-refractivity contribution in [1.82, 2.24) is 0 Å². The summed E-state index contributed by atoms with van der Waals surface area (Å²) in [5.41, 5.74) is 0. The maximum absolute atomic E-state index is 10.3. The predicted octanol–water partition coefficient (Wildman–Crippen LogP) is 1.63. The lowest BCUT2D eigenvalue weighted by Crippen LogP contribution is -2.09. The molecule has 0 atom stereocenters. The van der Waals surface area contributed by atoms with Gasteiger partial charge in [-0.3, -0.25) is 0 Å². The van der Waals surface area contributed by atoms with Crippen molar-refractivity contribution in [2.75, 3.05) is 13.7 Å². The molecule has 1 rings (SSSR count). The first-order chi connectivity index (χ1) is 7.04. The van der Waals surface area contributed by atoms with Crippen molar-refractivity contribution in [2.24, 2.45) is 0 Å². The van der Waals surface area contributed by atoms with E-state index in [-0.39, 0.29) is 11.5 Å². The van der Waals surface area contributed by atoms with E-state index in [4.69, 9.17) is 14.6 Å². The van der Waals surface area contributed by atoms with Crippen LogP contribution in [0.4, 0.5) is 0 Å². The van der Waals surface area contributed by atoms with Crippen LogP contribution in [0, 0.1) is 0 Å². The first kappa shape index (κ1) is 11.6. The molecule has 0 heterocycles. The molecule has 0 unspecified atom stereocenters. The fourth-order valence-corrected chi connectivity index (χ4v) is 1.38. The van der Waals surface area contributed by atoms with Gasteiger partial charge in [-0.25, -0.2) is 4.79 Å². The number of benzene rings is 1. The lowest BCUT2D eigenvalue weighted by Gasteiger charge is -2.09. The largest absolute Gasteiger partial charge is 0.504 e. The molecule has 0 amide bonds. The monoisotopic (exact) mass is 276 g/mol. The Hall–Kier alpha value is -1.43. The van der Waals surface area contributed by atoms with Gasteiger partial charge in [-0.1, -0.05) is 0 Å². The van der Waals surface area contributed by atoms with Gasteiger partial charge < -0.3 is 19.7 Å². The highest BCUT2D eigenvalue weighted by molar-refractivity contribution is 9.10. The summed E-state index contributed by atoms with van der Waals surface area (Å²) < 4.78 is 10.3. The van der Waals surface area contributed by atoms with E-state index in [0.29, 0.717) is 10.2 Å². The summed E-state index contributed by atoms with van der Waals surface area (Å²) in [7, 11) is 1.39. The number of hydrogen-bond donors (Lipinski definition) is 2. The van der Waals surface area contributed by atoms with Crippen molar-refractivity contribution < 1.29 is 24.5 Å². The van der Waals surface area contributed by atoms with Crippen LogP contribution in [0.3, 0.4) is 0 Å². The number of ether oxygens (including phenoxy) is 2. The Bertz CT molecular complexity index is 377. The average molecular weight is 277 g/mol. The highest BCUT2D eigenvalue weighted by Crippen LogP contribution is 2.36. The van der Waals surface area contributed by atoms with Crippen LogP contribution < -0.4 is 9.47 Å². The smallest absolute Gasteiger partial charge is 0.341 e. The summed E-state index contributed by atoms with van der Waals surface area (Å²) in [6.07, 6.45) is 0. The van der Waals surface area contributed by atoms with Crippen LogP contribution in [-0.2, 0) is 4.79 Å². The summed E-state index contributed by atoms with van der Waals surface area (Å²) in [4.78, 5) is 10.3. The van der Waals surface area contributed by atoms with Crippen LogP contribution in [0.1, 0.15) is 0 Å². The van der Waals surface area contributed by atoms with Crippen molar-refractivity contribution in [2.45, 2.75) is 0 Å². The minimum absolute atomic E-state index is 0.0490. The van der Waals surface area contributed by atoms with Gasteiger partial charge in [-0.15, -0.1) is 0 Å². The van der Waals surface area contributed by atoms with E-state index in [2.05, 4.69) is 15.9 Å². The Morgan fingerprint density at radius 3 is 2.67 bits per heavy atom. The first-order valence-electron chi connectivity index (χ1n) is 3.95. The molecule has 0 aliphatic carbocycles. The van der Waals surface area contributed by atoms with Gasteiger partial charge in [-0.2, -0.15) is 0 Å². The number of phenols is 1. The molecule has 1 aromatic carbocycles. The molecule has 0 fully saturated rings. The summed E-state index contributed by atoms with van der Waals surface area (Å²) in [5, 5.41) is 17.8. The molecular formula is C9H9BrO5. The SMILES string of the molecule is COc1cc(OCC(=O)O)c(Br)cc1O. The zero-order chi connectivity index (χ0) is 11.4. The average Bonchev–Trinajstić information content (AvgIpc) is 2.16. The van der Waals surface area contributed by atoms with Crippen molar-refractivity contribution in [3.63, 3.8) is 0 Å². The van der Waals surface area contributed by atoms with Crippen LogP contribution in [-0.4, -0.2) is 29.9 Å². The van der Waals surface area contributed by atoms with Gasteiger partial charge in [0.1, 0.15) is 5.75 Å². The number of aromatic hydroxyl groups is 1. The molecule has 1 aromatic rings. The third-order valence-corrected chi connectivity index (χ3v) is 2.20. The number of methoxy groups -OCH3 is 1. The molecule has 0 spiro atoms. The number of rotatable bonds is 4. The van der Waals surface area contributed by atoms with Crippen LogP contribution in [0.25, 0.3) is 0 Å². The Balaban J connectivity index is 2.92. The normalized spacial score (nSPS) is 9.73. The minimum atomic E-state index is -1.08. The van der Waals surface area contributed by atoms with Crippen LogP contribution in [0.5, 0.6) is 17.2 Å². The van der Waals surface area contributed by atoms with E-state index in [1.54, 1.807) is 0 Å². The van der Waals surface area contributed by atoms with Gasteiger partial charge in [0.25, 0.3) is 0 Å². The Kier molecular flexibility index (Phi) is 3.79. The third kappa shape index (κ3) is 3.02. The maximum Gasteiger partial charge on any atom is 0.341 e. The number of aliphatic carboxylic acids is 1. The molecule has 0 aliphatic rings. The zero-order valence-electron chi connectivity index (χ0n) is 7.86. The second-order valence-corrected chi connectivity index (χ2v) is 3.49. The van der Waals surface area contributed by atoms with Crippen molar-refractivity contribution in [3.8, 4) is 17.2 Å². The van der Waals surface area contributed by atoms with Crippen LogP contribution >= 0.6 is 15.9 Å². The Labute approximate surface area is 94.4 Å². The molecule has 5 nitrogen and oxygen atoms in total. The standard InChI is InChI=1S/C9H9BrO5/c1-14-8-3-7(15-4-9(12)13)5(10)2-6(8)11/h2-3,11H,4H2,1H3,(H,12,13). The van der Waals surface area contributed by atoms with E-state index in [1.165, 1.54) is 19.2 Å². The molecule has 2 N–H and O–H groups in total. The van der Waals surface area contributed by atoms with E-state index >= 15 is 0 Å². The zero-order valence-corrected chi connectivity index (χ0v) is 9.44. The van der Waals surface area contributed by atoms with Crippen LogP contribution in [0.2, 0.25) is 0 Å². The summed E-state index contributed by atoms with van der Waals surface area (Å²) in [5.74, 6) is -0.605. The summed E-state index contributed by atoms with van der Waals surface area (Å²) in [6.45, 7) is -0.452. The van der Waals surface area contributed by atoms with Gasteiger partial charge in [0.2, 0.25) is 0 Å². The molecule has 0 radical (unpaired) electrons. The molecule has 0 aliphatic heterocycles. The summed E-state index contributed by atoms with van der Waals surface area (Å²) in [6, 6.07) is 2.78. The number of carboxylic acids is 1. The minimum Gasteiger partial charge on any atom is -0.504 e. The van der Waals surface area contributed by atoms with Gasteiger partial charge in [0.15, 0.2) is 18.1 Å². The maximum atomic E-state index is 10.3. The van der Waals surface area contributed by atoms with Gasteiger partial charge >= 0.3 is 5.97 Å². The molecule has 0 aromatic heterocycles. The van der Waals surface area contributed by atoms with E-state index in [9.17, 15) is 9.90 Å². The lowest BCUT2D eigenvalue weighted by molar-refractivity contribution is -0.139. The molecule has 0 bridgehead atoms. The lowest BCUT2D eigenvalue weighted by atomic mass is 10.3. The van der Waals surface area contributed by atoms with E-state index in [1.807, 2.05) is 0 Å². The van der Waals surface area contributed by atoms with E-state index in [0.717, 1.165) is 0 Å². The highest BCUT2D eigenvalue weighted by Gasteiger charge is 2.10. The predicted molar refractivity (Wildman–Crippen MR) is 55.5 cm³/mol. The Morgan fingerprint density at radius 2 is 2.13 bits per heavy atom. The van der Waals surface area contributed by atoms with Crippen molar-refractivity contribution >= 4 is 21.9 Å². The fraction of sp³-hybridized carbons (Fsp3) is 0.222. The third-order valence-electron chi connectivity index (χ3n) is 1.58. The van der Waals surface area contributed by atoms with Crippen LogP contribution in [0.15, 0.2) is 16.6 Å². The van der Waals surface area contributed by atoms with Crippen molar-refractivity contribution in [3.05, 3.63) is 16.6 Å². The second-order valence-electron chi connectivity index (χ2n) is 2.64. The topological polar surface area (TPSA) is 76.0 Å². The quantitative estimate of drug-likeness (QED) is 0.874. The number of carboxylic acid groups (broad SMARTS) is 1. The first-order valence-corrected chi connectivity index (χ1v) is 4.75. The highest BCUT2D eigenvalue weighted by atomic mass is 79.9. The number of halogens is 1. The van der Waals surface area contributed by atoms with Crippen molar-refractivity contribution in [1.29, 1.82) is 0 Å². The number of phenolic OH excluding ortho intramolecular Hbond substituents is 1. The Morgan fingerprint density at radius 1 is 1.47 bits per heavy atom. The fourth-order valence-electron chi connectivity index (χ4n) is 0.938. The molecular weight excluding hydrogens is 268 g/mol. The van der Waals surface area contributed by atoms with Gasteiger partial charge in [-0.05, 0) is 15.9 Å². The second kappa shape index (κ2) is 4.88. The molecule has 0 saturated heterocycles. The molecule has 15 heavy (non-hydrogen) atoms. The van der Waals surface area contributed by atoms with Gasteiger partial charge in [0, 0.05) is 12.1 Å². The number of hydrogen-bond acceptors (Lipinski definition) is 4. The molecule has 6 heteroatoms. The van der Waals surface area contributed by atoms with Gasteiger partial charge in [0.05, 0.1) is 11.6 Å². The number of carbonyl (C=O) groups is 1. The molecule has 0 saturated carbocycles. The van der Waals surface area contributed by atoms with E-state index < -0.39 is 12.6 Å². The molecule has 82 valence electrons.